The van der Waals surface area contributed by atoms with Gasteiger partial charge in [-0.25, -0.2) is 9.97 Å². The summed E-state index contributed by atoms with van der Waals surface area (Å²) in [5.74, 6) is 0.759. The number of ether oxygens (including phenoxy) is 1. The molecular formula is C31H37N7O2. The number of hydrogen-bond donors (Lipinski definition) is 2. The monoisotopic (exact) mass is 539 g/mol. The van der Waals surface area contributed by atoms with Crippen LogP contribution in [0, 0.1) is 6.92 Å². The number of para-hydroxylation sites is 1. The molecule has 208 valence electrons. The SMILES string of the molecule is C=C/C=C/C(=O)Nc1cc(Nc2ncc(C)c(-c3cn(C)c4ccccc34)n2)c(OC)cc1N(C)CCN(C)C. The van der Waals surface area contributed by atoms with E-state index < -0.39 is 0 Å². The average molecular weight is 540 g/mol. The third-order valence-corrected chi connectivity index (χ3v) is 6.62. The van der Waals surface area contributed by atoms with Crippen LogP contribution in [0.5, 0.6) is 5.75 Å². The van der Waals surface area contributed by atoms with E-state index in [2.05, 4.69) is 54.9 Å². The van der Waals surface area contributed by atoms with Gasteiger partial charge in [0, 0.05) is 68.2 Å². The maximum atomic E-state index is 12.6. The topological polar surface area (TPSA) is 87.5 Å². The van der Waals surface area contributed by atoms with Crippen molar-refractivity contribution < 1.29 is 9.53 Å². The number of benzene rings is 2. The molecule has 0 aliphatic rings. The number of methoxy groups -OCH3 is 1. The first kappa shape index (κ1) is 28.4. The van der Waals surface area contributed by atoms with Crippen molar-refractivity contribution in [3.05, 3.63) is 79.2 Å². The maximum absolute atomic E-state index is 12.6. The number of hydrogen-bond acceptors (Lipinski definition) is 7. The van der Waals surface area contributed by atoms with Crippen molar-refractivity contribution in [1.82, 2.24) is 19.4 Å². The summed E-state index contributed by atoms with van der Waals surface area (Å²) in [6.45, 7) is 7.24. The summed E-state index contributed by atoms with van der Waals surface area (Å²) in [7, 11) is 9.69. The van der Waals surface area contributed by atoms with E-state index in [0.29, 0.717) is 23.1 Å². The van der Waals surface area contributed by atoms with Gasteiger partial charge in [0.15, 0.2) is 0 Å². The van der Waals surface area contributed by atoms with Crippen LogP contribution in [0.15, 0.2) is 73.6 Å². The van der Waals surface area contributed by atoms with Gasteiger partial charge < -0.3 is 29.7 Å². The van der Waals surface area contributed by atoms with Crippen molar-refractivity contribution in [2.24, 2.45) is 7.05 Å². The molecule has 4 rings (SSSR count). The Hall–Kier alpha value is -4.63. The molecule has 2 aromatic heterocycles. The highest BCUT2D eigenvalue weighted by molar-refractivity contribution is 6.02. The second kappa shape index (κ2) is 12.5. The number of fused-ring (bicyclic) bond motifs is 1. The summed E-state index contributed by atoms with van der Waals surface area (Å²) in [4.78, 5) is 26.3. The van der Waals surface area contributed by atoms with Gasteiger partial charge in [-0.3, -0.25) is 4.79 Å². The summed E-state index contributed by atoms with van der Waals surface area (Å²) >= 11 is 0. The summed E-state index contributed by atoms with van der Waals surface area (Å²) in [5, 5.41) is 7.44. The van der Waals surface area contributed by atoms with Gasteiger partial charge in [-0.2, -0.15) is 0 Å². The van der Waals surface area contributed by atoms with Gasteiger partial charge in [0.2, 0.25) is 11.9 Å². The quantitative estimate of drug-likeness (QED) is 0.196. The Morgan fingerprint density at radius 3 is 2.65 bits per heavy atom. The number of nitrogens with one attached hydrogen (secondary N) is 2. The molecule has 2 heterocycles. The number of carbonyl (C=O) groups excluding carboxylic acids is 1. The minimum Gasteiger partial charge on any atom is -0.494 e. The average Bonchev–Trinajstić information content (AvgIpc) is 3.27. The van der Waals surface area contributed by atoms with E-state index in [4.69, 9.17) is 9.72 Å². The smallest absolute Gasteiger partial charge is 0.248 e. The fraction of sp³-hybridized carbons (Fsp3) is 0.258. The standard InChI is InChI=1S/C31H37N7O2/c1-8-9-14-29(39)33-24-17-25(28(40-7)18-27(24)37(5)16-15-36(3)4)34-31-32-19-21(2)30(35-31)23-20-38(6)26-13-11-10-12-22(23)26/h8-14,17-20H,1,15-16H2,2-7H3,(H,33,39)(H,32,34,35)/b14-9+. The van der Waals surface area contributed by atoms with Crippen LogP contribution in [-0.4, -0.2) is 66.7 Å². The minimum atomic E-state index is -0.261. The highest BCUT2D eigenvalue weighted by atomic mass is 16.5. The Bertz CT molecular complexity index is 1560. The normalized spacial score (nSPS) is 11.3. The molecule has 0 radical (unpaired) electrons. The van der Waals surface area contributed by atoms with Crippen LogP contribution < -0.4 is 20.3 Å². The molecule has 0 aliphatic carbocycles. The van der Waals surface area contributed by atoms with Crippen LogP contribution in [0.2, 0.25) is 0 Å². The Balaban J connectivity index is 1.74. The molecule has 0 fully saturated rings. The Morgan fingerprint density at radius 1 is 1.15 bits per heavy atom. The summed E-state index contributed by atoms with van der Waals surface area (Å²) in [6.07, 6.45) is 8.50. The highest BCUT2D eigenvalue weighted by Gasteiger charge is 2.18. The maximum Gasteiger partial charge on any atom is 0.248 e. The van der Waals surface area contributed by atoms with Crippen LogP contribution in [-0.2, 0) is 11.8 Å². The lowest BCUT2D eigenvalue weighted by molar-refractivity contribution is -0.111. The largest absolute Gasteiger partial charge is 0.494 e. The van der Waals surface area contributed by atoms with Gasteiger partial charge in [-0.05, 0) is 38.7 Å². The molecule has 2 aromatic carbocycles. The fourth-order valence-electron chi connectivity index (χ4n) is 4.48. The lowest BCUT2D eigenvalue weighted by atomic mass is 10.1. The molecule has 9 heteroatoms. The van der Waals surface area contributed by atoms with E-state index in [-0.39, 0.29) is 5.91 Å². The van der Waals surface area contributed by atoms with Gasteiger partial charge in [0.25, 0.3) is 0 Å². The molecule has 0 saturated carbocycles. The molecule has 9 nitrogen and oxygen atoms in total. The number of nitrogens with zero attached hydrogens (tertiary/aromatic N) is 5. The number of aromatic nitrogens is 3. The molecule has 4 aromatic rings. The molecule has 0 spiro atoms. The summed E-state index contributed by atoms with van der Waals surface area (Å²) in [6, 6.07) is 12.0. The van der Waals surface area contributed by atoms with Crippen molar-refractivity contribution in [2.75, 3.05) is 56.9 Å². The van der Waals surface area contributed by atoms with E-state index in [1.165, 1.54) is 6.08 Å². The Labute approximate surface area is 235 Å². The molecule has 1 amide bonds. The zero-order chi connectivity index (χ0) is 28.8. The Kier molecular flexibility index (Phi) is 8.86. The zero-order valence-electron chi connectivity index (χ0n) is 24.0. The molecule has 0 atom stereocenters. The number of carbonyl (C=O) groups is 1. The van der Waals surface area contributed by atoms with Gasteiger partial charge in [-0.1, -0.05) is 36.9 Å². The van der Waals surface area contributed by atoms with E-state index in [1.807, 2.05) is 65.6 Å². The molecular weight excluding hydrogens is 502 g/mol. The predicted octanol–water partition coefficient (Wildman–Crippen LogP) is 5.37. The van der Waals surface area contributed by atoms with Crippen molar-refractivity contribution >= 4 is 39.8 Å². The van der Waals surface area contributed by atoms with E-state index in [9.17, 15) is 4.79 Å². The third kappa shape index (κ3) is 6.32. The molecule has 40 heavy (non-hydrogen) atoms. The number of likely N-dealkylation sites (N-methyl/N-ethyl adjacent to an activating group) is 2. The summed E-state index contributed by atoms with van der Waals surface area (Å²) in [5.41, 5.74) is 6.06. The fourth-order valence-corrected chi connectivity index (χ4v) is 4.48. The molecule has 0 saturated heterocycles. The van der Waals surface area contributed by atoms with E-state index in [1.54, 1.807) is 19.3 Å². The first-order chi connectivity index (χ1) is 19.2. The zero-order valence-corrected chi connectivity index (χ0v) is 24.0. The van der Waals surface area contributed by atoms with Crippen molar-refractivity contribution in [3.8, 4) is 17.0 Å². The highest BCUT2D eigenvalue weighted by Crippen LogP contribution is 2.38. The van der Waals surface area contributed by atoms with Crippen molar-refractivity contribution in [2.45, 2.75) is 6.92 Å². The lowest BCUT2D eigenvalue weighted by Gasteiger charge is -2.26. The van der Waals surface area contributed by atoms with Crippen LogP contribution in [0.3, 0.4) is 0 Å². The predicted molar refractivity (Wildman–Crippen MR) is 165 cm³/mol. The van der Waals surface area contributed by atoms with E-state index >= 15 is 0 Å². The first-order valence-corrected chi connectivity index (χ1v) is 13.0. The van der Waals surface area contributed by atoms with Crippen molar-refractivity contribution in [3.63, 3.8) is 0 Å². The molecule has 0 bridgehead atoms. The minimum absolute atomic E-state index is 0.261. The number of amides is 1. The van der Waals surface area contributed by atoms with Crippen LogP contribution in [0.25, 0.3) is 22.2 Å². The lowest BCUT2D eigenvalue weighted by Crippen LogP contribution is -2.29. The van der Waals surface area contributed by atoms with Crippen LogP contribution >= 0.6 is 0 Å². The number of allylic oxidation sites excluding steroid dienone is 2. The number of aryl methyl sites for hydroxylation is 2. The molecule has 2 N–H and O–H groups in total. The molecule has 0 unspecified atom stereocenters. The first-order valence-electron chi connectivity index (χ1n) is 13.0. The number of rotatable bonds is 11. The van der Waals surface area contributed by atoms with Gasteiger partial charge in [0.1, 0.15) is 5.75 Å². The van der Waals surface area contributed by atoms with Gasteiger partial charge in [0.05, 0.1) is 29.9 Å². The van der Waals surface area contributed by atoms with E-state index in [0.717, 1.165) is 46.5 Å². The second-order valence-electron chi connectivity index (χ2n) is 9.90. The van der Waals surface area contributed by atoms with Gasteiger partial charge >= 0.3 is 0 Å². The van der Waals surface area contributed by atoms with Crippen molar-refractivity contribution in [1.29, 1.82) is 0 Å². The van der Waals surface area contributed by atoms with Crippen LogP contribution in [0.4, 0.5) is 23.0 Å². The second-order valence-corrected chi connectivity index (χ2v) is 9.90. The summed E-state index contributed by atoms with van der Waals surface area (Å²) < 4.78 is 7.86. The molecule has 0 aliphatic heterocycles. The Morgan fingerprint density at radius 2 is 1.93 bits per heavy atom. The third-order valence-electron chi connectivity index (χ3n) is 6.62. The van der Waals surface area contributed by atoms with Crippen LogP contribution in [0.1, 0.15) is 5.56 Å². The van der Waals surface area contributed by atoms with Gasteiger partial charge in [-0.15, -0.1) is 0 Å². The number of anilines is 4.